The lowest BCUT2D eigenvalue weighted by molar-refractivity contribution is 0.351. The summed E-state index contributed by atoms with van der Waals surface area (Å²) >= 11 is 5.78. The lowest BCUT2D eigenvalue weighted by Gasteiger charge is -2.15. The van der Waals surface area contributed by atoms with Crippen LogP contribution in [0.5, 0.6) is 11.5 Å². The summed E-state index contributed by atoms with van der Waals surface area (Å²) in [6, 6.07) is 10.9. The number of alkyl halides is 1. The van der Waals surface area contributed by atoms with Gasteiger partial charge in [-0.05, 0) is 46.4 Å². The average molecular weight is 451 g/mol. The maximum Gasteiger partial charge on any atom is 0.163 e. The maximum absolute atomic E-state index is 14.2. The van der Waals surface area contributed by atoms with Crippen molar-refractivity contribution in [2.75, 3.05) is 14.2 Å². The minimum Gasteiger partial charge on any atom is -0.493 e. The summed E-state index contributed by atoms with van der Waals surface area (Å²) in [6.07, 6.45) is 0. The van der Waals surface area contributed by atoms with Crippen LogP contribution in [0.4, 0.5) is 4.39 Å². The second-order valence-corrected chi connectivity index (χ2v) is 6.30. The Balaban J connectivity index is 2.43. The van der Waals surface area contributed by atoms with Gasteiger partial charge in [0.05, 0.1) is 19.0 Å². The van der Waals surface area contributed by atoms with Gasteiger partial charge in [0.25, 0.3) is 0 Å². The van der Waals surface area contributed by atoms with Gasteiger partial charge in [-0.3, -0.25) is 0 Å². The monoisotopic (exact) mass is 450 g/mol. The number of benzene rings is 2. The summed E-state index contributed by atoms with van der Waals surface area (Å²) in [5, 5.41) is 0. The number of hydrogen-bond donors (Lipinski definition) is 0. The van der Waals surface area contributed by atoms with Crippen LogP contribution in [0.2, 0.25) is 0 Å². The molecule has 0 N–H and O–H groups in total. The quantitative estimate of drug-likeness (QED) is 0.485. The lowest BCUT2D eigenvalue weighted by atomic mass is 10.0. The first-order chi connectivity index (χ1) is 9.56. The highest BCUT2D eigenvalue weighted by atomic mass is 127. The SMILES string of the molecule is COc1cc(F)c(C(Br)c2ccc(I)cc2)cc1OC. The van der Waals surface area contributed by atoms with Gasteiger partial charge in [-0.25, -0.2) is 4.39 Å². The minimum atomic E-state index is -0.330. The van der Waals surface area contributed by atoms with Crippen LogP contribution in [0, 0.1) is 9.39 Å². The van der Waals surface area contributed by atoms with E-state index >= 15 is 0 Å². The fraction of sp³-hybridized carbons (Fsp3) is 0.200. The van der Waals surface area contributed by atoms with Crippen LogP contribution in [-0.2, 0) is 0 Å². The van der Waals surface area contributed by atoms with E-state index in [9.17, 15) is 4.39 Å². The van der Waals surface area contributed by atoms with Gasteiger partial charge >= 0.3 is 0 Å². The molecule has 0 fully saturated rings. The van der Waals surface area contributed by atoms with Crippen molar-refractivity contribution in [2.24, 2.45) is 0 Å². The molecule has 2 rings (SSSR count). The Morgan fingerprint density at radius 3 is 2.15 bits per heavy atom. The topological polar surface area (TPSA) is 18.5 Å². The Labute approximate surface area is 139 Å². The first-order valence-corrected chi connectivity index (χ1v) is 7.87. The first kappa shape index (κ1) is 15.6. The van der Waals surface area contributed by atoms with Crippen LogP contribution in [0.1, 0.15) is 16.0 Å². The molecule has 5 heteroatoms. The second kappa shape index (κ2) is 6.76. The Kier molecular flexibility index (Phi) is 5.26. The van der Waals surface area contributed by atoms with Crippen LogP contribution in [0.25, 0.3) is 0 Å². The van der Waals surface area contributed by atoms with Crippen LogP contribution in [-0.4, -0.2) is 14.2 Å². The molecule has 0 saturated heterocycles. The molecule has 0 aliphatic heterocycles. The summed E-state index contributed by atoms with van der Waals surface area (Å²) in [4.78, 5) is -0.237. The van der Waals surface area contributed by atoms with Gasteiger partial charge in [0, 0.05) is 15.2 Å². The first-order valence-electron chi connectivity index (χ1n) is 5.87. The van der Waals surface area contributed by atoms with Crippen molar-refractivity contribution >= 4 is 38.5 Å². The van der Waals surface area contributed by atoms with E-state index in [4.69, 9.17) is 9.47 Å². The van der Waals surface area contributed by atoms with E-state index in [1.165, 1.54) is 20.3 Å². The predicted octanol–water partition coefficient (Wildman–Crippen LogP) is 4.93. The van der Waals surface area contributed by atoms with Crippen molar-refractivity contribution in [3.8, 4) is 11.5 Å². The fourth-order valence-corrected chi connectivity index (χ4v) is 2.89. The van der Waals surface area contributed by atoms with Gasteiger partial charge in [-0.2, -0.15) is 0 Å². The van der Waals surface area contributed by atoms with E-state index in [-0.39, 0.29) is 10.6 Å². The third kappa shape index (κ3) is 3.25. The lowest BCUT2D eigenvalue weighted by Crippen LogP contribution is -2.00. The molecular formula is C15H13BrFIO2. The summed E-state index contributed by atoms with van der Waals surface area (Å²) in [5.74, 6) is 0.568. The number of hydrogen-bond acceptors (Lipinski definition) is 2. The highest BCUT2D eigenvalue weighted by Crippen LogP contribution is 2.38. The van der Waals surface area contributed by atoms with E-state index < -0.39 is 0 Å². The predicted molar refractivity (Wildman–Crippen MR) is 89.4 cm³/mol. The molecule has 0 aromatic heterocycles. The molecule has 2 aromatic rings. The smallest absolute Gasteiger partial charge is 0.163 e. The van der Waals surface area contributed by atoms with Crippen molar-refractivity contribution < 1.29 is 13.9 Å². The summed E-state index contributed by atoms with van der Waals surface area (Å²) < 4.78 is 25.7. The maximum atomic E-state index is 14.2. The van der Waals surface area contributed by atoms with E-state index in [0.29, 0.717) is 17.1 Å². The molecule has 0 heterocycles. The van der Waals surface area contributed by atoms with E-state index in [1.807, 2.05) is 24.3 Å². The van der Waals surface area contributed by atoms with Gasteiger partial charge in [0.15, 0.2) is 11.5 Å². The molecule has 2 aromatic carbocycles. The Morgan fingerprint density at radius 2 is 1.60 bits per heavy atom. The molecule has 0 amide bonds. The molecule has 0 radical (unpaired) electrons. The average Bonchev–Trinajstić information content (AvgIpc) is 2.47. The molecule has 0 aliphatic carbocycles. The van der Waals surface area contributed by atoms with Gasteiger partial charge in [0.1, 0.15) is 5.82 Å². The third-order valence-electron chi connectivity index (χ3n) is 2.94. The van der Waals surface area contributed by atoms with Gasteiger partial charge in [-0.15, -0.1) is 0 Å². The number of rotatable bonds is 4. The molecular weight excluding hydrogens is 438 g/mol. The van der Waals surface area contributed by atoms with Crippen molar-refractivity contribution in [2.45, 2.75) is 4.83 Å². The second-order valence-electron chi connectivity index (χ2n) is 4.14. The minimum absolute atomic E-state index is 0.237. The van der Waals surface area contributed by atoms with Crippen molar-refractivity contribution in [3.63, 3.8) is 0 Å². The molecule has 0 spiro atoms. The zero-order valence-corrected chi connectivity index (χ0v) is 14.7. The van der Waals surface area contributed by atoms with Gasteiger partial charge in [-0.1, -0.05) is 28.1 Å². The van der Waals surface area contributed by atoms with Gasteiger partial charge < -0.3 is 9.47 Å². The Hall–Kier alpha value is -0.820. The summed E-state index contributed by atoms with van der Waals surface area (Å²) in [6.45, 7) is 0. The van der Waals surface area contributed by atoms with Crippen LogP contribution in [0.3, 0.4) is 0 Å². The van der Waals surface area contributed by atoms with Crippen LogP contribution < -0.4 is 9.47 Å². The number of halogens is 3. The molecule has 0 aliphatic rings. The number of ether oxygens (including phenoxy) is 2. The van der Waals surface area contributed by atoms with E-state index in [1.54, 1.807) is 6.07 Å². The largest absolute Gasteiger partial charge is 0.493 e. The standard InChI is InChI=1S/C15H13BrFIO2/c1-19-13-7-11(12(17)8-14(13)20-2)15(16)9-3-5-10(18)6-4-9/h3-8,15H,1-2H3. The molecule has 1 unspecified atom stereocenters. The molecule has 106 valence electrons. The van der Waals surface area contributed by atoms with E-state index in [2.05, 4.69) is 38.5 Å². The molecule has 0 bridgehead atoms. The normalized spacial score (nSPS) is 12.1. The third-order valence-corrected chi connectivity index (χ3v) is 4.68. The highest BCUT2D eigenvalue weighted by Gasteiger charge is 2.18. The molecule has 1 atom stereocenters. The molecule has 0 saturated carbocycles. The van der Waals surface area contributed by atoms with Crippen molar-refractivity contribution in [3.05, 3.63) is 56.9 Å². The van der Waals surface area contributed by atoms with Crippen LogP contribution in [0.15, 0.2) is 36.4 Å². The molecule has 20 heavy (non-hydrogen) atoms. The zero-order valence-electron chi connectivity index (χ0n) is 11.0. The summed E-state index contributed by atoms with van der Waals surface area (Å²) in [7, 11) is 3.02. The summed E-state index contributed by atoms with van der Waals surface area (Å²) in [5.41, 5.74) is 1.50. The highest BCUT2D eigenvalue weighted by molar-refractivity contribution is 14.1. The van der Waals surface area contributed by atoms with Crippen LogP contribution >= 0.6 is 38.5 Å². The fourth-order valence-electron chi connectivity index (χ4n) is 1.88. The Bertz CT molecular complexity index is 602. The Morgan fingerprint density at radius 1 is 1.05 bits per heavy atom. The van der Waals surface area contributed by atoms with Crippen molar-refractivity contribution in [1.82, 2.24) is 0 Å². The molecule has 2 nitrogen and oxygen atoms in total. The van der Waals surface area contributed by atoms with E-state index in [0.717, 1.165) is 9.13 Å². The number of methoxy groups -OCH3 is 2. The van der Waals surface area contributed by atoms with Crippen molar-refractivity contribution in [1.29, 1.82) is 0 Å². The zero-order chi connectivity index (χ0) is 14.7. The van der Waals surface area contributed by atoms with Gasteiger partial charge in [0.2, 0.25) is 0 Å².